The van der Waals surface area contributed by atoms with Gasteiger partial charge in [0.25, 0.3) is 10.0 Å². The van der Waals surface area contributed by atoms with Gasteiger partial charge in [-0.05, 0) is 17.5 Å². The van der Waals surface area contributed by atoms with E-state index in [2.05, 4.69) is 15.2 Å². The maximum atomic E-state index is 13.4. The van der Waals surface area contributed by atoms with Crippen LogP contribution in [-0.4, -0.2) is 32.4 Å². The molecule has 7 nitrogen and oxygen atoms in total. The van der Waals surface area contributed by atoms with Crippen LogP contribution in [0.2, 0.25) is 0 Å². The zero-order valence-electron chi connectivity index (χ0n) is 14.9. The summed E-state index contributed by atoms with van der Waals surface area (Å²) in [7, 11) is -2.07. The fourth-order valence-corrected chi connectivity index (χ4v) is 4.80. The number of pyridine rings is 1. The van der Waals surface area contributed by atoms with E-state index in [1.165, 1.54) is 6.20 Å². The summed E-state index contributed by atoms with van der Waals surface area (Å²) in [4.78, 5) is 4.58. The van der Waals surface area contributed by atoms with Crippen molar-refractivity contribution in [2.45, 2.75) is 4.90 Å². The lowest BCUT2D eigenvalue weighted by atomic mass is 10.1. The maximum absolute atomic E-state index is 13.4. The number of rotatable bonds is 3. The molecule has 0 N–H and O–H groups in total. The highest BCUT2D eigenvalue weighted by atomic mass is 32.2. The minimum Gasteiger partial charge on any atom is -0.275 e. The van der Waals surface area contributed by atoms with Gasteiger partial charge in [0.05, 0.1) is 17.3 Å². The molecule has 0 saturated carbocycles. The summed E-state index contributed by atoms with van der Waals surface area (Å²) in [5, 5.41) is 9.81. The summed E-state index contributed by atoms with van der Waals surface area (Å²) in [5.74, 6) is 0. The van der Waals surface area contributed by atoms with Gasteiger partial charge < -0.3 is 0 Å². The van der Waals surface area contributed by atoms with Gasteiger partial charge in [-0.3, -0.25) is 9.67 Å². The molecule has 8 heteroatoms. The van der Waals surface area contributed by atoms with E-state index in [9.17, 15) is 8.42 Å². The van der Waals surface area contributed by atoms with Gasteiger partial charge in [-0.2, -0.15) is 22.7 Å². The Morgan fingerprint density at radius 1 is 0.893 bits per heavy atom. The van der Waals surface area contributed by atoms with Crippen LogP contribution >= 0.6 is 0 Å². The molecule has 0 amide bonds. The average molecular weight is 389 g/mol. The first kappa shape index (κ1) is 16.6. The Morgan fingerprint density at radius 2 is 1.71 bits per heavy atom. The summed E-state index contributed by atoms with van der Waals surface area (Å²) in [6, 6.07) is 14.4. The van der Waals surface area contributed by atoms with Crippen molar-refractivity contribution in [1.82, 2.24) is 24.0 Å². The highest BCUT2D eigenvalue weighted by Crippen LogP contribution is 2.28. The Labute approximate surface area is 160 Å². The molecule has 3 aromatic heterocycles. The molecule has 5 aromatic rings. The van der Waals surface area contributed by atoms with Gasteiger partial charge in [0.1, 0.15) is 11.0 Å². The number of fused-ring (bicyclic) bond motifs is 2. The molecule has 0 saturated heterocycles. The molecule has 0 radical (unpaired) electrons. The second-order valence-corrected chi connectivity index (χ2v) is 8.24. The smallest absolute Gasteiger partial charge is 0.275 e. The van der Waals surface area contributed by atoms with Crippen molar-refractivity contribution >= 4 is 31.8 Å². The zero-order chi connectivity index (χ0) is 19.3. The predicted octanol–water partition coefficient (Wildman–Crippen LogP) is 3.22. The Balaban J connectivity index is 1.74. The van der Waals surface area contributed by atoms with E-state index >= 15 is 0 Å². The molecule has 0 aliphatic rings. The molecule has 0 spiro atoms. The van der Waals surface area contributed by atoms with E-state index in [0.29, 0.717) is 16.4 Å². The average Bonchev–Trinajstić information content (AvgIpc) is 3.33. The lowest BCUT2D eigenvalue weighted by molar-refractivity contribution is 0.583. The Bertz CT molecular complexity index is 1440. The standard InChI is InChI=1S/C20H15N5O2S/c1-24-13-16(11-22-24)15-9-19-18(21-10-15)12-23-25(19)28(26,27)20-8-4-6-14-5-2-3-7-17(14)20/h2-13H,1H3. The first-order valence-corrected chi connectivity index (χ1v) is 10.0. The van der Waals surface area contributed by atoms with Gasteiger partial charge >= 0.3 is 0 Å². The molecule has 0 bridgehead atoms. The second-order valence-electron chi connectivity index (χ2n) is 6.50. The molecular weight excluding hydrogens is 374 g/mol. The largest absolute Gasteiger partial charge is 0.284 e. The fourth-order valence-electron chi connectivity index (χ4n) is 3.32. The minimum atomic E-state index is -3.90. The molecule has 0 aliphatic carbocycles. The number of benzene rings is 2. The summed E-state index contributed by atoms with van der Waals surface area (Å²) >= 11 is 0. The zero-order valence-corrected chi connectivity index (χ0v) is 15.7. The van der Waals surface area contributed by atoms with Crippen LogP contribution in [0.4, 0.5) is 0 Å². The molecule has 0 aliphatic heterocycles. The third-order valence-corrected chi connectivity index (χ3v) is 6.34. The molecule has 0 fully saturated rings. The van der Waals surface area contributed by atoms with E-state index in [1.54, 1.807) is 41.3 Å². The van der Waals surface area contributed by atoms with E-state index < -0.39 is 10.0 Å². The van der Waals surface area contributed by atoms with Gasteiger partial charge in [0.15, 0.2) is 0 Å². The van der Waals surface area contributed by atoms with E-state index in [4.69, 9.17) is 0 Å². The highest BCUT2D eigenvalue weighted by molar-refractivity contribution is 7.90. The number of nitrogens with zero attached hydrogens (tertiary/aromatic N) is 5. The van der Waals surface area contributed by atoms with Crippen LogP contribution in [0.25, 0.3) is 32.9 Å². The lowest BCUT2D eigenvalue weighted by Gasteiger charge is -2.09. The van der Waals surface area contributed by atoms with E-state index in [-0.39, 0.29) is 4.90 Å². The van der Waals surface area contributed by atoms with Crippen LogP contribution in [0.3, 0.4) is 0 Å². The van der Waals surface area contributed by atoms with Crippen LogP contribution < -0.4 is 0 Å². The quantitative estimate of drug-likeness (QED) is 0.473. The first-order chi connectivity index (χ1) is 13.5. The van der Waals surface area contributed by atoms with Crippen molar-refractivity contribution in [3.63, 3.8) is 0 Å². The van der Waals surface area contributed by atoms with Crippen LogP contribution in [0.5, 0.6) is 0 Å². The van der Waals surface area contributed by atoms with Crippen molar-refractivity contribution in [2.24, 2.45) is 7.05 Å². The van der Waals surface area contributed by atoms with Crippen molar-refractivity contribution in [2.75, 3.05) is 0 Å². The molecule has 0 atom stereocenters. The van der Waals surface area contributed by atoms with Crippen LogP contribution in [0.1, 0.15) is 0 Å². The summed E-state index contributed by atoms with van der Waals surface area (Å²) in [6.07, 6.45) is 6.71. The van der Waals surface area contributed by atoms with Crippen molar-refractivity contribution in [3.8, 4) is 11.1 Å². The Hall–Kier alpha value is -3.52. The minimum absolute atomic E-state index is 0.211. The number of hydrogen-bond acceptors (Lipinski definition) is 5. The van der Waals surface area contributed by atoms with Crippen LogP contribution in [0, 0.1) is 0 Å². The molecular formula is C20H15N5O2S. The Morgan fingerprint density at radius 3 is 2.54 bits per heavy atom. The van der Waals surface area contributed by atoms with Crippen LogP contribution in [0.15, 0.2) is 78.2 Å². The SMILES string of the molecule is Cn1cc(-c2cnc3cnn(S(=O)(=O)c4cccc5ccccc45)c3c2)cn1. The normalized spacial score (nSPS) is 12.0. The third-order valence-electron chi connectivity index (χ3n) is 4.68. The molecule has 138 valence electrons. The first-order valence-electron chi connectivity index (χ1n) is 8.60. The summed E-state index contributed by atoms with van der Waals surface area (Å²) in [5.41, 5.74) is 2.56. The van der Waals surface area contributed by atoms with Crippen molar-refractivity contribution in [3.05, 3.63) is 73.3 Å². The molecule has 2 aromatic carbocycles. The van der Waals surface area contributed by atoms with Gasteiger partial charge in [-0.25, -0.2) is 0 Å². The number of hydrogen-bond donors (Lipinski definition) is 0. The van der Waals surface area contributed by atoms with Crippen molar-refractivity contribution < 1.29 is 8.42 Å². The van der Waals surface area contributed by atoms with Crippen LogP contribution in [-0.2, 0) is 17.1 Å². The highest BCUT2D eigenvalue weighted by Gasteiger charge is 2.23. The fraction of sp³-hybridized carbons (Fsp3) is 0.0500. The number of aromatic nitrogens is 5. The van der Waals surface area contributed by atoms with E-state index in [1.807, 2.05) is 37.5 Å². The van der Waals surface area contributed by atoms with Gasteiger partial charge in [0, 0.05) is 36.0 Å². The number of aryl methyl sites for hydroxylation is 1. The second kappa shape index (κ2) is 6.00. The van der Waals surface area contributed by atoms with Gasteiger partial charge in [-0.1, -0.05) is 36.4 Å². The maximum Gasteiger partial charge on any atom is 0.284 e. The topological polar surface area (TPSA) is 82.7 Å². The molecule has 5 rings (SSSR count). The molecule has 28 heavy (non-hydrogen) atoms. The summed E-state index contributed by atoms with van der Waals surface area (Å²) < 4.78 is 29.6. The van der Waals surface area contributed by atoms with Gasteiger partial charge in [0.2, 0.25) is 0 Å². The molecule has 0 unspecified atom stereocenters. The lowest BCUT2D eigenvalue weighted by Crippen LogP contribution is -2.14. The van der Waals surface area contributed by atoms with Gasteiger partial charge in [-0.15, -0.1) is 0 Å². The van der Waals surface area contributed by atoms with Crippen molar-refractivity contribution in [1.29, 1.82) is 0 Å². The third kappa shape index (κ3) is 2.49. The van der Waals surface area contributed by atoms with E-state index in [0.717, 1.165) is 20.6 Å². The Kier molecular flexibility index (Phi) is 3.56. The molecule has 3 heterocycles. The predicted molar refractivity (Wildman–Crippen MR) is 106 cm³/mol. The monoisotopic (exact) mass is 389 g/mol. The summed E-state index contributed by atoms with van der Waals surface area (Å²) in [6.45, 7) is 0.